The number of ether oxygens (including phenoxy) is 2. The van der Waals surface area contributed by atoms with Gasteiger partial charge in [0.1, 0.15) is 5.75 Å². The van der Waals surface area contributed by atoms with Crippen LogP contribution in [0.1, 0.15) is 16.7 Å². The maximum atomic E-state index is 5.26. The summed E-state index contributed by atoms with van der Waals surface area (Å²) < 4.78 is 11.6. The molecule has 0 saturated carbocycles. The van der Waals surface area contributed by atoms with Crippen molar-refractivity contribution in [3.63, 3.8) is 0 Å². The lowest BCUT2D eigenvalue weighted by Crippen LogP contribution is -2.14. The van der Waals surface area contributed by atoms with Gasteiger partial charge in [0, 0.05) is 24.7 Å². The zero-order valence-corrected chi connectivity index (χ0v) is 13.9. The Hall–Kier alpha value is -1.36. The molecule has 112 valence electrons. The lowest BCUT2D eigenvalue weighted by molar-refractivity contribution is 0.184. The van der Waals surface area contributed by atoms with Crippen LogP contribution in [0.5, 0.6) is 5.75 Å². The summed E-state index contributed by atoms with van der Waals surface area (Å²) in [6, 6.07) is 14.3. The number of benzene rings is 2. The number of halogens is 1. The predicted molar refractivity (Wildman–Crippen MR) is 88.4 cm³/mol. The van der Waals surface area contributed by atoms with Crippen LogP contribution in [0.3, 0.4) is 0 Å². The van der Waals surface area contributed by atoms with E-state index in [2.05, 4.69) is 39.4 Å². The molecule has 0 aliphatic heterocycles. The molecule has 0 fully saturated rings. The number of hydrogen-bond donors (Lipinski definition) is 1. The molecule has 2 aromatic rings. The Bertz CT molecular complexity index is 587. The monoisotopic (exact) mass is 349 g/mol. The molecule has 0 unspecified atom stereocenters. The second-order valence-corrected chi connectivity index (χ2v) is 5.62. The Balaban J connectivity index is 1.98. The zero-order chi connectivity index (χ0) is 15.1. The first-order valence-corrected chi connectivity index (χ1v) is 7.62. The normalized spacial score (nSPS) is 10.6. The molecule has 0 aliphatic carbocycles. The Morgan fingerprint density at radius 2 is 1.67 bits per heavy atom. The largest absolute Gasteiger partial charge is 0.497 e. The van der Waals surface area contributed by atoms with E-state index in [-0.39, 0.29) is 0 Å². The van der Waals surface area contributed by atoms with Crippen LogP contribution in [0.2, 0.25) is 0 Å². The van der Waals surface area contributed by atoms with Gasteiger partial charge in [-0.25, -0.2) is 0 Å². The van der Waals surface area contributed by atoms with Gasteiger partial charge in [0.05, 0.1) is 13.7 Å². The van der Waals surface area contributed by atoms with E-state index in [1.807, 2.05) is 24.3 Å². The van der Waals surface area contributed by atoms with Gasteiger partial charge in [0.2, 0.25) is 0 Å². The lowest BCUT2D eigenvalue weighted by Gasteiger charge is -2.11. The lowest BCUT2D eigenvalue weighted by atomic mass is 10.1. The highest BCUT2D eigenvalue weighted by Gasteiger charge is 2.04. The van der Waals surface area contributed by atoms with E-state index in [0.29, 0.717) is 6.61 Å². The summed E-state index contributed by atoms with van der Waals surface area (Å²) in [6.07, 6.45) is 0. The van der Waals surface area contributed by atoms with Gasteiger partial charge in [-0.15, -0.1) is 0 Å². The van der Waals surface area contributed by atoms with E-state index in [9.17, 15) is 0 Å². The summed E-state index contributed by atoms with van der Waals surface area (Å²) in [5.74, 6) is 0.870. The van der Waals surface area contributed by atoms with Gasteiger partial charge in [0.15, 0.2) is 0 Å². The van der Waals surface area contributed by atoms with Gasteiger partial charge < -0.3 is 14.8 Å². The molecular weight excluding hydrogens is 330 g/mol. The molecule has 2 rings (SSSR count). The molecule has 0 heterocycles. The first-order valence-electron chi connectivity index (χ1n) is 6.83. The highest BCUT2D eigenvalue weighted by Crippen LogP contribution is 2.22. The van der Waals surface area contributed by atoms with E-state index in [4.69, 9.17) is 9.47 Å². The predicted octanol–water partition coefficient (Wildman–Crippen LogP) is 3.89. The minimum absolute atomic E-state index is 0.640. The van der Waals surface area contributed by atoms with Crippen molar-refractivity contribution in [3.8, 4) is 5.75 Å². The number of rotatable bonds is 7. The Morgan fingerprint density at radius 1 is 0.952 bits per heavy atom. The van der Waals surface area contributed by atoms with Gasteiger partial charge in [-0.1, -0.05) is 40.2 Å². The fourth-order valence-electron chi connectivity index (χ4n) is 2.17. The molecule has 0 spiro atoms. The molecule has 21 heavy (non-hydrogen) atoms. The molecule has 0 bridgehead atoms. The van der Waals surface area contributed by atoms with Crippen LogP contribution in [0.15, 0.2) is 46.9 Å². The molecule has 0 atom stereocenters. The van der Waals surface area contributed by atoms with E-state index in [1.165, 1.54) is 16.7 Å². The third kappa shape index (κ3) is 4.56. The van der Waals surface area contributed by atoms with Crippen molar-refractivity contribution >= 4 is 15.9 Å². The van der Waals surface area contributed by atoms with Crippen molar-refractivity contribution in [1.29, 1.82) is 0 Å². The van der Waals surface area contributed by atoms with Crippen LogP contribution in [-0.2, 0) is 24.4 Å². The zero-order valence-electron chi connectivity index (χ0n) is 12.4. The molecular formula is C17H20BrNO2. The Kier molecular flexibility index (Phi) is 6.23. The van der Waals surface area contributed by atoms with Crippen LogP contribution in [0, 0.1) is 0 Å². The average molecular weight is 350 g/mol. The average Bonchev–Trinajstić information content (AvgIpc) is 2.51. The number of hydrogen-bond acceptors (Lipinski definition) is 3. The molecule has 3 nitrogen and oxygen atoms in total. The van der Waals surface area contributed by atoms with Crippen LogP contribution in [0.4, 0.5) is 0 Å². The van der Waals surface area contributed by atoms with E-state index >= 15 is 0 Å². The highest BCUT2D eigenvalue weighted by molar-refractivity contribution is 9.10. The molecule has 0 radical (unpaired) electrons. The van der Waals surface area contributed by atoms with Crippen molar-refractivity contribution in [2.24, 2.45) is 0 Å². The minimum atomic E-state index is 0.640. The third-order valence-corrected chi connectivity index (χ3v) is 4.08. The first-order chi connectivity index (χ1) is 10.2. The molecule has 1 N–H and O–H groups in total. The van der Waals surface area contributed by atoms with Crippen molar-refractivity contribution in [2.45, 2.75) is 19.7 Å². The van der Waals surface area contributed by atoms with Crippen LogP contribution in [0.25, 0.3) is 0 Å². The summed E-state index contributed by atoms with van der Waals surface area (Å²) in [5.41, 5.74) is 3.66. The van der Waals surface area contributed by atoms with Crippen molar-refractivity contribution in [3.05, 3.63) is 63.6 Å². The van der Waals surface area contributed by atoms with E-state index in [1.54, 1.807) is 14.2 Å². The van der Waals surface area contributed by atoms with Gasteiger partial charge in [-0.3, -0.25) is 0 Å². The third-order valence-electron chi connectivity index (χ3n) is 3.30. The maximum Gasteiger partial charge on any atom is 0.119 e. The topological polar surface area (TPSA) is 30.5 Å². The molecule has 0 saturated heterocycles. The maximum absolute atomic E-state index is 5.26. The minimum Gasteiger partial charge on any atom is -0.497 e. The van der Waals surface area contributed by atoms with Crippen LogP contribution < -0.4 is 10.1 Å². The fourth-order valence-corrected chi connectivity index (χ4v) is 2.56. The van der Waals surface area contributed by atoms with Crippen molar-refractivity contribution in [1.82, 2.24) is 5.32 Å². The summed E-state index contributed by atoms with van der Waals surface area (Å²) in [5, 5.41) is 3.47. The smallest absolute Gasteiger partial charge is 0.119 e. The second kappa shape index (κ2) is 8.17. The van der Waals surface area contributed by atoms with E-state index < -0.39 is 0 Å². The summed E-state index contributed by atoms with van der Waals surface area (Å²) in [4.78, 5) is 0. The Morgan fingerprint density at radius 3 is 2.38 bits per heavy atom. The fraction of sp³-hybridized carbons (Fsp3) is 0.294. The quantitative estimate of drug-likeness (QED) is 0.822. The SMILES string of the molecule is COCc1ccccc1CNCc1cc(OC)ccc1Br. The summed E-state index contributed by atoms with van der Waals surface area (Å²) >= 11 is 3.57. The summed E-state index contributed by atoms with van der Waals surface area (Å²) in [6.45, 7) is 2.23. The molecule has 4 heteroatoms. The standard InChI is InChI=1S/C17H20BrNO2/c1-20-12-14-6-4-3-5-13(14)10-19-11-15-9-16(21-2)7-8-17(15)18/h3-9,19H,10-12H2,1-2H3. The van der Waals surface area contributed by atoms with Gasteiger partial charge in [0.25, 0.3) is 0 Å². The molecule has 0 aliphatic rings. The highest BCUT2D eigenvalue weighted by atomic mass is 79.9. The first kappa shape index (κ1) is 16.0. The summed E-state index contributed by atoms with van der Waals surface area (Å²) in [7, 11) is 3.40. The Labute approximate surface area is 134 Å². The number of methoxy groups -OCH3 is 2. The second-order valence-electron chi connectivity index (χ2n) is 4.76. The van der Waals surface area contributed by atoms with Crippen molar-refractivity contribution in [2.75, 3.05) is 14.2 Å². The molecule has 0 amide bonds. The van der Waals surface area contributed by atoms with Crippen LogP contribution >= 0.6 is 15.9 Å². The van der Waals surface area contributed by atoms with Crippen LogP contribution in [-0.4, -0.2) is 14.2 Å². The van der Waals surface area contributed by atoms with Crippen molar-refractivity contribution < 1.29 is 9.47 Å². The van der Waals surface area contributed by atoms with Gasteiger partial charge in [-0.05, 0) is 34.9 Å². The van der Waals surface area contributed by atoms with Gasteiger partial charge >= 0.3 is 0 Å². The molecule has 0 aromatic heterocycles. The molecule has 2 aromatic carbocycles. The number of nitrogens with one attached hydrogen (secondary N) is 1. The van der Waals surface area contributed by atoms with E-state index in [0.717, 1.165) is 23.3 Å². The van der Waals surface area contributed by atoms with Gasteiger partial charge in [-0.2, -0.15) is 0 Å².